The summed E-state index contributed by atoms with van der Waals surface area (Å²) in [5.74, 6) is -0.403. The van der Waals surface area contributed by atoms with Gasteiger partial charge in [-0.3, -0.25) is 4.79 Å². The van der Waals surface area contributed by atoms with Crippen LogP contribution in [-0.4, -0.2) is 47.1 Å². The number of ether oxygens (including phenoxy) is 2. The molecule has 0 saturated heterocycles. The number of anilines is 1. The average molecular weight is 693 g/mol. The highest BCUT2D eigenvalue weighted by Crippen LogP contribution is 2.46. The van der Waals surface area contributed by atoms with Crippen molar-refractivity contribution in [3.8, 4) is 22.6 Å². The minimum absolute atomic E-state index is 0.00765. The molecule has 2 heterocycles. The van der Waals surface area contributed by atoms with E-state index in [0.29, 0.717) is 54.1 Å². The van der Waals surface area contributed by atoms with Crippen LogP contribution in [0.15, 0.2) is 42.5 Å². The van der Waals surface area contributed by atoms with Gasteiger partial charge in [-0.25, -0.2) is 4.98 Å². The number of likely N-dealkylation sites (N-methyl/N-ethyl adjacent to an activating group) is 1. The highest BCUT2D eigenvalue weighted by atomic mass is 35.5. The van der Waals surface area contributed by atoms with Crippen LogP contribution in [0.3, 0.4) is 0 Å². The number of fused-ring (bicyclic) bond motifs is 2. The van der Waals surface area contributed by atoms with Crippen molar-refractivity contribution in [1.82, 2.24) is 19.8 Å². The number of benzene rings is 3. The zero-order valence-electron chi connectivity index (χ0n) is 27.5. The van der Waals surface area contributed by atoms with Crippen LogP contribution in [0.5, 0.6) is 11.5 Å². The number of nitrogens with one attached hydrogen (secondary N) is 2. The van der Waals surface area contributed by atoms with Crippen LogP contribution < -0.4 is 20.1 Å². The SMILES string of the molecule is COc1c(CNC2CCCC2)cc(Cl)c(OC2CCc3c(-c4cccc(NC(=O)c5nc6c(n5C)CCN(C)C6)c4Cl)cccc32)c1F. The first kappa shape index (κ1) is 32.9. The predicted octanol–water partition coefficient (Wildman–Crippen LogP) is 7.88. The normalized spacial score (nSPS) is 17.8. The molecule has 2 N–H and O–H groups in total. The van der Waals surface area contributed by atoms with Gasteiger partial charge in [0.1, 0.15) is 6.10 Å². The van der Waals surface area contributed by atoms with Crippen LogP contribution >= 0.6 is 23.2 Å². The van der Waals surface area contributed by atoms with Crippen molar-refractivity contribution in [3.05, 3.63) is 92.2 Å². The molecule has 1 saturated carbocycles. The van der Waals surface area contributed by atoms with E-state index in [1.54, 1.807) is 12.1 Å². The molecule has 1 unspecified atom stereocenters. The zero-order chi connectivity index (χ0) is 33.5. The second kappa shape index (κ2) is 13.7. The van der Waals surface area contributed by atoms with Crippen LogP contribution in [0.2, 0.25) is 10.0 Å². The van der Waals surface area contributed by atoms with Gasteiger partial charge in [-0.1, -0.05) is 66.4 Å². The van der Waals surface area contributed by atoms with Gasteiger partial charge in [0.25, 0.3) is 5.91 Å². The van der Waals surface area contributed by atoms with E-state index in [1.807, 2.05) is 41.9 Å². The lowest BCUT2D eigenvalue weighted by Gasteiger charge is -2.21. The first-order valence-electron chi connectivity index (χ1n) is 16.6. The van der Waals surface area contributed by atoms with Gasteiger partial charge in [-0.15, -0.1) is 0 Å². The first-order chi connectivity index (χ1) is 23.2. The molecule has 3 aromatic carbocycles. The van der Waals surface area contributed by atoms with E-state index in [1.165, 1.54) is 20.0 Å². The van der Waals surface area contributed by atoms with Crippen LogP contribution in [-0.2, 0) is 33.0 Å². The van der Waals surface area contributed by atoms with Crippen LogP contribution in [0.1, 0.15) is 76.9 Å². The predicted molar refractivity (Wildman–Crippen MR) is 187 cm³/mol. The summed E-state index contributed by atoms with van der Waals surface area (Å²) in [7, 11) is 5.40. The third kappa shape index (κ3) is 6.17. The molecule has 1 atom stereocenters. The molecule has 1 aliphatic heterocycles. The summed E-state index contributed by atoms with van der Waals surface area (Å²) < 4.78 is 29.6. The number of carbonyl (C=O) groups excluding carboxylic acids is 1. The number of amides is 1. The smallest absolute Gasteiger partial charge is 0.291 e. The maximum Gasteiger partial charge on any atom is 0.291 e. The Kier molecular flexibility index (Phi) is 9.39. The number of aromatic nitrogens is 2. The van der Waals surface area contributed by atoms with E-state index in [9.17, 15) is 4.79 Å². The molecule has 252 valence electrons. The summed E-state index contributed by atoms with van der Waals surface area (Å²) in [6, 6.07) is 13.7. The fraction of sp³-hybridized carbons (Fsp3) is 0.405. The Hall–Kier alpha value is -3.63. The lowest BCUT2D eigenvalue weighted by molar-refractivity contribution is 0.101. The molecule has 3 aliphatic rings. The van der Waals surface area contributed by atoms with E-state index < -0.39 is 11.9 Å². The topological polar surface area (TPSA) is 80.6 Å². The molecule has 1 aromatic heterocycles. The number of nitrogens with zero attached hydrogens (tertiary/aromatic N) is 3. The molecule has 0 bridgehead atoms. The Morgan fingerprint density at radius 2 is 1.81 bits per heavy atom. The maximum absolute atomic E-state index is 15.9. The molecule has 8 nitrogen and oxygen atoms in total. The Labute approximate surface area is 290 Å². The standard InChI is InChI=1S/C37H40Cl2FN5O3/c1-44-17-16-30-29(20-44)42-36(45(30)2)37(46)43-28-13-7-12-26(32(28)39)23-10-6-11-25-24(23)14-15-31(25)48-35-27(38)18-21(34(47-3)33(35)40)19-41-22-8-4-5-9-22/h6-7,10-13,18,22,31,41H,4-5,8-9,14-17,19-20H2,1-3H3,(H,43,46). The number of halogens is 3. The van der Waals surface area contributed by atoms with E-state index in [-0.39, 0.29) is 22.4 Å². The van der Waals surface area contributed by atoms with Gasteiger partial charge in [0.15, 0.2) is 17.3 Å². The highest BCUT2D eigenvalue weighted by Gasteiger charge is 2.31. The van der Waals surface area contributed by atoms with E-state index >= 15 is 4.39 Å². The fourth-order valence-electron chi connectivity index (χ4n) is 7.49. The van der Waals surface area contributed by atoms with Gasteiger partial charge in [0.2, 0.25) is 5.82 Å². The molecular formula is C37H40Cl2FN5O3. The fourth-order valence-corrected chi connectivity index (χ4v) is 8.02. The third-order valence-electron chi connectivity index (χ3n) is 10.0. The molecule has 1 amide bonds. The molecule has 11 heteroatoms. The Morgan fingerprint density at radius 1 is 1.04 bits per heavy atom. The number of hydrogen-bond donors (Lipinski definition) is 2. The van der Waals surface area contributed by atoms with Crippen molar-refractivity contribution in [2.75, 3.05) is 26.0 Å². The summed E-state index contributed by atoms with van der Waals surface area (Å²) in [5, 5.41) is 7.15. The number of methoxy groups -OCH3 is 1. The van der Waals surface area contributed by atoms with E-state index in [0.717, 1.165) is 59.4 Å². The quantitative estimate of drug-likeness (QED) is 0.186. The zero-order valence-corrected chi connectivity index (χ0v) is 29.0. The van der Waals surface area contributed by atoms with Gasteiger partial charge >= 0.3 is 0 Å². The maximum atomic E-state index is 15.9. The number of rotatable bonds is 9. The van der Waals surface area contributed by atoms with Gasteiger partial charge in [-0.2, -0.15) is 4.39 Å². The van der Waals surface area contributed by atoms with Gasteiger partial charge in [0.05, 0.1) is 28.5 Å². The molecule has 7 rings (SSSR count). The second-order valence-corrected chi connectivity index (χ2v) is 13.9. The lowest BCUT2D eigenvalue weighted by atomic mass is 9.96. The highest BCUT2D eigenvalue weighted by molar-refractivity contribution is 6.36. The van der Waals surface area contributed by atoms with Crippen molar-refractivity contribution in [1.29, 1.82) is 0 Å². The molecule has 2 aliphatic carbocycles. The minimum atomic E-state index is -0.593. The van der Waals surface area contributed by atoms with Crippen LogP contribution in [0, 0.1) is 5.82 Å². The number of imidazole rings is 1. The van der Waals surface area contributed by atoms with Gasteiger partial charge in [0, 0.05) is 56.0 Å². The molecule has 1 fully saturated rings. The molecule has 0 spiro atoms. The Bertz CT molecular complexity index is 1870. The van der Waals surface area contributed by atoms with Gasteiger partial charge in [-0.05, 0) is 61.6 Å². The summed E-state index contributed by atoms with van der Waals surface area (Å²) in [4.78, 5) is 20.3. The summed E-state index contributed by atoms with van der Waals surface area (Å²) in [5.41, 5.74) is 6.93. The van der Waals surface area contributed by atoms with Crippen molar-refractivity contribution in [3.63, 3.8) is 0 Å². The molecule has 4 aromatic rings. The number of carbonyl (C=O) groups is 1. The lowest BCUT2D eigenvalue weighted by Crippen LogP contribution is -2.27. The Morgan fingerprint density at radius 3 is 2.60 bits per heavy atom. The number of hydrogen-bond acceptors (Lipinski definition) is 6. The minimum Gasteiger partial charge on any atom is -0.493 e. The first-order valence-corrected chi connectivity index (χ1v) is 17.4. The third-order valence-corrected chi connectivity index (χ3v) is 10.7. The molecular weight excluding hydrogens is 652 g/mol. The van der Waals surface area contributed by atoms with Crippen molar-refractivity contribution in [2.24, 2.45) is 7.05 Å². The van der Waals surface area contributed by atoms with Crippen LogP contribution in [0.25, 0.3) is 11.1 Å². The summed E-state index contributed by atoms with van der Waals surface area (Å²) >= 11 is 13.6. The van der Waals surface area contributed by atoms with E-state index in [2.05, 4.69) is 27.6 Å². The van der Waals surface area contributed by atoms with Gasteiger partial charge < -0.3 is 29.6 Å². The second-order valence-electron chi connectivity index (χ2n) is 13.1. The van der Waals surface area contributed by atoms with Crippen molar-refractivity contribution >= 4 is 34.8 Å². The summed E-state index contributed by atoms with van der Waals surface area (Å²) in [6.45, 7) is 2.11. The monoisotopic (exact) mass is 691 g/mol. The van der Waals surface area contributed by atoms with Crippen molar-refractivity contribution in [2.45, 2.75) is 70.2 Å². The Balaban J connectivity index is 1.12. The summed E-state index contributed by atoms with van der Waals surface area (Å²) in [6.07, 6.45) is 6.45. The van der Waals surface area contributed by atoms with E-state index in [4.69, 9.17) is 32.7 Å². The largest absolute Gasteiger partial charge is 0.493 e. The molecule has 0 radical (unpaired) electrons. The van der Waals surface area contributed by atoms with Crippen molar-refractivity contribution < 1.29 is 18.7 Å². The molecule has 48 heavy (non-hydrogen) atoms. The van der Waals surface area contributed by atoms with Crippen LogP contribution in [0.4, 0.5) is 10.1 Å². The average Bonchev–Trinajstić information content (AvgIpc) is 3.82.